The number of rotatable bonds is 9. The first-order chi connectivity index (χ1) is 8.31. The molecule has 2 heteroatoms. The van der Waals surface area contributed by atoms with Crippen LogP contribution in [0.15, 0.2) is 16.8 Å². The van der Waals surface area contributed by atoms with Crippen LogP contribution in [-0.2, 0) is 6.42 Å². The number of aryl methyl sites for hydroxylation is 1. The first-order valence-electron chi connectivity index (χ1n) is 7.00. The van der Waals surface area contributed by atoms with E-state index in [-0.39, 0.29) is 0 Å². The number of hydrogen-bond acceptors (Lipinski definition) is 2. The van der Waals surface area contributed by atoms with Gasteiger partial charge < -0.3 is 5.32 Å². The van der Waals surface area contributed by atoms with Gasteiger partial charge in [0.1, 0.15) is 0 Å². The maximum atomic E-state index is 3.54. The van der Waals surface area contributed by atoms with Gasteiger partial charge >= 0.3 is 0 Å². The second-order valence-electron chi connectivity index (χ2n) is 4.90. The van der Waals surface area contributed by atoms with E-state index in [9.17, 15) is 0 Å². The van der Waals surface area contributed by atoms with Gasteiger partial charge in [0, 0.05) is 6.04 Å². The Bertz CT molecular complexity index is 262. The molecule has 1 N–H and O–H groups in total. The van der Waals surface area contributed by atoms with Gasteiger partial charge in [0.05, 0.1) is 0 Å². The summed E-state index contributed by atoms with van der Waals surface area (Å²) in [6, 6.07) is 2.95. The van der Waals surface area contributed by atoms with Crippen LogP contribution < -0.4 is 5.32 Å². The molecular weight excluding hydrogens is 226 g/mol. The molecule has 0 saturated carbocycles. The van der Waals surface area contributed by atoms with E-state index in [0.717, 1.165) is 5.92 Å². The summed E-state index contributed by atoms with van der Waals surface area (Å²) in [7, 11) is 2.12. The van der Waals surface area contributed by atoms with Gasteiger partial charge in [-0.25, -0.2) is 0 Å². The van der Waals surface area contributed by atoms with E-state index in [0.29, 0.717) is 6.04 Å². The maximum absolute atomic E-state index is 3.54. The lowest BCUT2D eigenvalue weighted by molar-refractivity contribution is 0.310. The molecular formula is C15H27NS. The monoisotopic (exact) mass is 253 g/mol. The minimum atomic E-state index is 0.690. The van der Waals surface area contributed by atoms with Crippen molar-refractivity contribution in [1.29, 1.82) is 0 Å². The smallest absolute Gasteiger partial charge is 0.00954 e. The third-order valence-electron chi connectivity index (χ3n) is 3.58. The zero-order chi connectivity index (χ0) is 12.5. The van der Waals surface area contributed by atoms with Crippen molar-refractivity contribution in [3.63, 3.8) is 0 Å². The molecule has 0 radical (unpaired) electrons. The lowest BCUT2D eigenvalue weighted by Gasteiger charge is -2.26. The van der Waals surface area contributed by atoms with E-state index in [1.807, 2.05) is 11.3 Å². The molecule has 1 aromatic rings. The van der Waals surface area contributed by atoms with Crippen molar-refractivity contribution in [1.82, 2.24) is 5.32 Å². The fourth-order valence-corrected chi connectivity index (χ4v) is 3.36. The Morgan fingerprint density at radius 1 is 1.18 bits per heavy atom. The Morgan fingerprint density at radius 2 is 1.88 bits per heavy atom. The molecule has 1 atom stereocenters. The molecule has 0 fully saturated rings. The molecule has 1 heterocycles. The van der Waals surface area contributed by atoms with Crippen molar-refractivity contribution in [3.8, 4) is 0 Å². The van der Waals surface area contributed by atoms with E-state index in [1.165, 1.54) is 44.1 Å². The summed E-state index contributed by atoms with van der Waals surface area (Å²) in [6.07, 6.45) is 7.84. The van der Waals surface area contributed by atoms with E-state index < -0.39 is 0 Å². The topological polar surface area (TPSA) is 12.0 Å². The Labute approximate surface area is 111 Å². The second-order valence-corrected chi connectivity index (χ2v) is 5.68. The number of hydrogen-bond donors (Lipinski definition) is 1. The molecule has 98 valence electrons. The normalized spacial score (nSPS) is 13.2. The predicted octanol–water partition coefficient (Wildman–Crippen LogP) is 4.49. The Kier molecular flexibility index (Phi) is 7.54. The Balaban J connectivity index is 2.43. The highest BCUT2D eigenvalue weighted by atomic mass is 32.1. The van der Waals surface area contributed by atoms with Crippen LogP contribution >= 0.6 is 11.3 Å². The van der Waals surface area contributed by atoms with Crippen molar-refractivity contribution < 1.29 is 0 Å². The largest absolute Gasteiger partial charge is 0.317 e. The average Bonchev–Trinajstić information content (AvgIpc) is 2.83. The van der Waals surface area contributed by atoms with Crippen LogP contribution in [0.2, 0.25) is 0 Å². The summed E-state index contributed by atoms with van der Waals surface area (Å²) in [5.74, 6) is 0.855. The van der Waals surface area contributed by atoms with Gasteiger partial charge in [-0.05, 0) is 61.0 Å². The highest BCUT2D eigenvalue weighted by molar-refractivity contribution is 7.07. The maximum Gasteiger partial charge on any atom is 0.00954 e. The fraction of sp³-hybridized carbons (Fsp3) is 0.733. The lowest BCUT2D eigenvalue weighted by atomic mass is 9.87. The molecule has 0 bridgehead atoms. The van der Waals surface area contributed by atoms with Crippen molar-refractivity contribution in [3.05, 3.63) is 22.4 Å². The Hall–Kier alpha value is -0.340. The molecule has 0 aliphatic rings. The zero-order valence-electron chi connectivity index (χ0n) is 11.5. The first-order valence-corrected chi connectivity index (χ1v) is 7.94. The van der Waals surface area contributed by atoms with E-state index in [1.54, 1.807) is 0 Å². The van der Waals surface area contributed by atoms with Gasteiger partial charge in [0.2, 0.25) is 0 Å². The van der Waals surface area contributed by atoms with Crippen molar-refractivity contribution in [2.75, 3.05) is 7.05 Å². The zero-order valence-corrected chi connectivity index (χ0v) is 12.4. The van der Waals surface area contributed by atoms with Crippen molar-refractivity contribution >= 4 is 11.3 Å². The SMILES string of the molecule is CCCC(CCC)C(CCc1ccsc1)NC. The predicted molar refractivity (Wildman–Crippen MR) is 78.8 cm³/mol. The number of thiophene rings is 1. The first kappa shape index (κ1) is 14.7. The van der Waals surface area contributed by atoms with Crippen LogP contribution in [0.3, 0.4) is 0 Å². The summed E-state index contributed by atoms with van der Waals surface area (Å²) in [4.78, 5) is 0. The molecule has 1 rings (SSSR count). The third-order valence-corrected chi connectivity index (χ3v) is 4.31. The Morgan fingerprint density at radius 3 is 2.35 bits per heavy atom. The van der Waals surface area contributed by atoms with Gasteiger partial charge in [-0.15, -0.1) is 0 Å². The van der Waals surface area contributed by atoms with Crippen molar-refractivity contribution in [2.24, 2.45) is 5.92 Å². The van der Waals surface area contributed by atoms with Crippen LogP contribution in [0.1, 0.15) is 51.5 Å². The molecule has 0 aliphatic heterocycles. The average molecular weight is 253 g/mol. The van der Waals surface area contributed by atoms with Gasteiger partial charge in [-0.1, -0.05) is 26.7 Å². The van der Waals surface area contributed by atoms with Crippen LogP contribution in [-0.4, -0.2) is 13.1 Å². The highest BCUT2D eigenvalue weighted by Gasteiger charge is 2.18. The van der Waals surface area contributed by atoms with Crippen LogP contribution in [0.4, 0.5) is 0 Å². The molecule has 0 aromatic carbocycles. The highest BCUT2D eigenvalue weighted by Crippen LogP contribution is 2.21. The summed E-state index contributed by atoms with van der Waals surface area (Å²) >= 11 is 1.81. The second kappa shape index (κ2) is 8.71. The molecule has 0 saturated heterocycles. The van der Waals surface area contributed by atoms with E-state index in [2.05, 4.69) is 43.0 Å². The summed E-state index contributed by atoms with van der Waals surface area (Å²) in [5, 5.41) is 8.00. The summed E-state index contributed by atoms with van der Waals surface area (Å²) < 4.78 is 0. The minimum Gasteiger partial charge on any atom is -0.317 e. The van der Waals surface area contributed by atoms with Crippen molar-refractivity contribution in [2.45, 2.75) is 58.4 Å². The third kappa shape index (κ3) is 5.22. The van der Waals surface area contributed by atoms with E-state index in [4.69, 9.17) is 0 Å². The van der Waals surface area contributed by atoms with Gasteiger partial charge in [-0.2, -0.15) is 11.3 Å². The number of nitrogens with one attached hydrogen (secondary N) is 1. The van der Waals surface area contributed by atoms with Gasteiger partial charge in [0.25, 0.3) is 0 Å². The molecule has 0 spiro atoms. The van der Waals surface area contributed by atoms with Gasteiger partial charge in [0.15, 0.2) is 0 Å². The summed E-state index contributed by atoms with van der Waals surface area (Å²) in [6.45, 7) is 4.60. The fourth-order valence-electron chi connectivity index (χ4n) is 2.66. The minimum absolute atomic E-state index is 0.690. The quantitative estimate of drug-likeness (QED) is 0.684. The van der Waals surface area contributed by atoms with Crippen LogP contribution in [0, 0.1) is 5.92 Å². The molecule has 1 aromatic heterocycles. The molecule has 17 heavy (non-hydrogen) atoms. The van der Waals surface area contributed by atoms with Gasteiger partial charge in [-0.3, -0.25) is 0 Å². The summed E-state index contributed by atoms with van der Waals surface area (Å²) in [5.41, 5.74) is 1.50. The van der Waals surface area contributed by atoms with Crippen LogP contribution in [0.25, 0.3) is 0 Å². The van der Waals surface area contributed by atoms with E-state index >= 15 is 0 Å². The standard InChI is InChI=1S/C15H27NS/c1-4-6-14(7-5-2)15(16-3)9-8-13-10-11-17-12-13/h10-12,14-16H,4-9H2,1-3H3. The molecule has 0 amide bonds. The molecule has 1 nitrogen and oxygen atoms in total. The molecule has 1 unspecified atom stereocenters. The van der Waals surface area contributed by atoms with Crippen LogP contribution in [0.5, 0.6) is 0 Å². The molecule has 0 aliphatic carbocycles. The lowest BCUT2D eigenvalue weighted by Crippen LogP contribution is -2.34.